The number of hydrogen-bond acceptors (Lipinski definition) is 5. The molecule has 0 spiro atoms. The van der Waals surface area contributed by atoms with Crippen LogP contribution in [0.15, 0.2) is 60.7 Å². The van der Waals surface area contributed by atoms with Gasteiger partial charge in [-0.3, -0.25) is 19.2 Å². The van der Waals surface area contributed by atoms with Crippen LogP contribution >= 0.6 is 0 Å². The number of para-hydroxylation sites is 1. The number of nitrogens with one attached hydrogen (secondary N) is 5. The van der Waals surface area contributed by atoms with Gasteiger partial charge in [0.1, 0.15) is 24.1 Å². The largest absolute Gasteiger partial charge is 0.356 e. The van der Waals surface area contributed by atoms with E-state index >= 15 is 0 Å². The number of aldehydes is 1. The summed E-state index contributed by atoms with van der Waals surface area (Å²) in [6.45, 7) is 4.14. The van der Waals surface area contributed by atoms with Crippen molar-refractivity contribution in [2.75, 3.05) is 6.54 Å². The number of aromatic amines is 1. The van der Waals surface area contributed by atoms with Gasteiger partial charge in [-0.2, -0.15) is 0 Å². The summed E-state index contributed by atoms with van der Waals surface area (Å²) in [6, 6.07) is 15.6. The molecule has 1 aliphatic rings. The molecule has 1 saturated heterocycles. The van der Waals surface area contributed by atoms with E-state index in [1.54, 1.807) is 19.9 Å². The number of fused-ring (bicyclic) bond motifs is 1. The molecule has 5 N–H and O–H groups in total. The predicted molar refractivity (Wildman–Crippen MR) is 150 cm³/mol. The Bertz CT molecular complexity index is 1340. The highest BCUT2D eigenvalue weighted by molar-refractivity contribution is 6.00. The van der Waals surface area contributed by atoms with E-state index < -0.39 is 35.8 Å². The number of rotatable bonds is 12. The molecule has 4 atom stereocenters. The Kier molecular flexibility index (Phi) is 9.31. The molecule has 0 bridgehead atoms. The number of carbonyl (C=O) groups excluding carboxylic acids is 5. The van der Waals surface area contributed by atoms with E-state index in [-0.39, 0.29) is 30.6 Å². The molecule has 0 saturated carbocycles. The predicted octanol–water partition coefficient (Wildman–Crippen LogP) is 1.86. The van der Waals surface area contributed by atoms with Crippen molar-refractivity contribution in [1.82, 2.24) is 26.3 Å². The molecular weight excluding hydrogens is 510 g/mol. The van der Waals surface area contributed by atoms with E-state index in [1.165, 1.54) is 0 Å². The Hall–Kier alpha value is -4.47. The lowest BCUT2D eigenvalue weighted by molar-refractivity contribution is -0.131. The van der Waals surface area contributed by atoms with Gasteiger partial charge in [0.25, 0.3) is 5.91 Å². The van der Waals surface area contributed by atoms with Crippen molar-refractivity contribution in [2.45, 2.75) is 51.2 Å². The minimum Gasteiger partial charge on any atom is -0.356 e. The molecule has 3 aromatic rings. The van der Waals surface area contributed by atoms with Gasteiger partial charge >= 0.3 is 0 Å². The van der Waals surface area contributed by atoms with Crippen molar-refractivity contribution in [3.8, 4) is 0 Å². The lowest BCUT2D eigenvalue weighted by Gasteiger charge is -2.26. The van der Waals surface area contributed by atoms with Crippen molar-refractivity contribution in [2.24, 2.45) is 11.8 Å². The zero-order valence-corrected chi connectivity index (χ0v) is 22.6. The Balaban J connectivity index is 1.48. The minimum atomic E-state index is -1.01. The third-order valence-electron chi connectivity index (χ3n) is 7.12. The fraction of sp³-hybridized carbons (Fsp3) is 0.367. The van der Waals surface area contributed by atoms with Gasteiger partial charge in [0.05, 0.1) is 6.04 Å². The van der Waals surface area contributed by atoms with Crippen LogP contribution in [0.2, 0.25) is 0 Å². The number of aromatic nitrogens is 1. The molecule has 2 heterocycles. The first-order valence-electron chi connectivity index (χ1n) is 13.5. The van der Waals surface area contributed by atoms with Crippen molar-refractivity contribution < 1.29 is 24.0 Å². The van der Waals surface area contributed by atoms with Gasteiger partial charge in [0.15, 0.2) is 0 Å². The number of carbonyl (C=O) groups is 5. The zero-order chi connectivity index (χ0) is 28.6. The third-order valence-corrected chi connectivity index (χ3v) is 7.12. The number of H-pyrrole nitrogens is 1. The van der Waals surface area contributed by atoms with Crippen LogP contribution < -0.4 is 21.3 Å². The van der Waals surface area contributed by atoms with Gasteiger partial charge in [-0.25, -0.2) is 0 Å². The topological polar surface area (TPSA) is 149 Å². The van der Waals surface area contributed by atoms with E-state index in [0.717, 1.165) is 16.5 Å². The van der Waals surface area contributed by atoms with E-state index in [1.807, 2.05) is 54.6 Å². The lowest BCUT2D eigenvalue weighted by Crippen LogP contribution is -2.57. The highest BCUT2D eigenvalue weighted by Gasteiger charge is 2.32. The van der Waals surface area contributed by atoms with E-state index in [0.29, 0.717) is 24.9 Å². The molecule has 1 aliphatic heterocycles. The summed E-state index contributed by atoms with van der Waals surface area (Å²) in [6.07, 6.45) is 1.56. The fourth-order valence-electron chi connectivity index (χ4n) is 4.88. The molecule has 10 nitrogen and oxygen atoms in total. The zero-order valence-electron chi connectivity index (χ0n) is 22.6. The summed E-state index contributed by atoms with van der Waals surface area (Å²) in [5.41, 5.74) is 1.93. The van der Waals surface area contributed by atoms with Crippen LogP contribution in [0.1, 0.15) is 42.7 Å². The number of amides is 4. The SMILES string of the molecule is CC(C)[C@H](NC(=O)c1cc2ccccc2[nH]1)C(=O)N[C@@H](Cc1ccccc1)C(=O)N[C@H](C=O)CC1CCNC1=O. The molecule has 4 rings (SSSR count). The van der Waals surface area contributed by atoms with Crippen LogP contribution in [0.5, 0.6) is 0 Å². The van der Waals surface area contributed by atoms with Gasteiger partial charge in [-0.05, 0) is 36.5 Å². The van der Waals surface area contributed by atoms with Gasteiger partial charge in [0, 0.05) is 29.8 Å². The standard InChI is InChI=1S/C30H35N5O5/c1-18(2)26(35-29(39)25-16-20-10-6-7-11-23(20)33-25)30(40)34-24(14-19-8-4-3-5-9-19)28(38)32-22(17-36)15-21-12-13-31-27(21)37/h3-11,16-18,21-22,24,26,33H,12-15H2,1-2H3,(H,31,37)(H,32,38)(H,34,40)(H,35,39)/t21?,22-,24-,26-/m0/s1. The average molecular weight is 546 g/mol. The van der Waals surface area contributed by atoms with Gasteiger partial charge in [-0.1, -0.05) is 62.4 Å². The fourth-order valence-corrected chi connectivity index (χ4v) is 4.88. The van der Waals surface area contributed by atoms with Gasteiger partial charge in [0.2, 0.25) is 17.7 Å². The Morgan fingerprint density at radius 1 is 0.975 bits per heavy atom. The highest BCUT2D eigenvalue weighted by atomic mass is 16.2. The van der Waals surface area contributed by atoms with Crippen LogP contribution in [0.25, 0.3) is 10.9 Å². The lowest BCUT2D eigenvalue weighted by atomic mass is 9.98. The smallest absolute Gasteiger partial charge is 0.268 e. The Labute approximate surface area is 232 Å². The second-order valence-corrected chi connectivity index (χ2v) is 10.5. The first-order valence-corrected chi connectivity index (χ1v) is 13.5. The van der Waals surface area contributed by atoms with Crippen molar-refractivity contribution in [3.63, 3.8) is 0 Å². The van der Waals surface area contributed by atoms with E-state index in [4.69, 9.17) is 0 Å². The number of benzene rings is 2. The normalized spacial score (nSPS) is 17.1. The summed E-state index contributed by atoms with van der Waals surface area (Å²) in [4.78, 5) is 66.7. The van der Waals surface area contributed by atoms with Crippen LogP contribution in [-0.4, -0.2) is 59.6 Å². The van der Waals surface area contributed by atoms with Crippen LogP contribution in [-0.2, 0) is 25.6 Å². The molecular formula is C30H35N5O5. The molecule has 1 fully saturated rings. The Morgan fingerprint density at radius 3 is 2.35 bits per heavy atom. The number of hydrogen-bond donors (Lipinski definition) is 5. The maximum Gasteiger partial charge on any atom is 0.268 e. The Morgan fingerprint density at radius 2 is 1.70 bits per heavy atom. The molecule has 4 amide bonds. The second-order valence-electron chi connectivity index (χ2n) is 10.5. The van der Waals surface area contributed by atoms with Crippen molar-refractivity contribution in [3.05, 3.63) is 71.9 Å². The van der Waals surface area contributed by atoms with Crippen molar-refractivity contribution >= 4 is 40.8 Å². The maximum absolute atomic E-state index is 13.5. The molecule has 2 aromatic carbocycles. The quantitative estimate of drug-likeness (QED) is 0.220. The van der Waals surface area contributed by atoms with Crippen LogP contribution in [0.4, 0.5) is 0 Å². The van der Waals surface area contributed by atoms with Gasteiger partial charge < -0.3 is 31.0 Å². The summed E-state index contributed by atoms with van der Waals surface area (Å²) >= 11 is 0. The molecule has 0 aliphatic carbocycles. The monoisotopic (exact) mass is 545 g/mol. The molecule has 10 heteroatoms. The maximum atomic E-state index is 13.5. The second kappa shape index (κ2) is 13.1. The summed E-state index contributed by atoms with van der Waals surface area (Å²) in [5.74, 6) is -2.28. The average Bonchev–Trinajstić information content (AvgIpc) is 3.57. The molecule has 210 valence electrons. The molecule has 0 radical (unpaired) electrons. The summed E-state index contributed by atoms with van der Waals surface area (Å²) in [5, 5.41) is 11.9. The molecule has 1 unspecified atom stereocenters. The third kappa shape index (κ3) is 7.13. The van der Waals surface area contributed by atoms with Gasteiger partial charge in [-0.15, -0.1) is 0 Å². The summed E-state index contributed by atoms with van der Waals surface area (Å²) < 4.78 is 0. The summed E-state index contributed by atoms with van der Waals surface area (Å²) in [7, 11) is 0. The van der Waals surface area contributed by atoms with E-state index in [2.05, 4.69) is 26.3 Å². The highest BCUT2D eigenvalue weighted by Crippen LogP contribution is 2.17. The molecule has 1 aromatic heterocycles. The first-order chi connectivity index (χ1) is 19.2. The van der Waals surface area contributed by atoms with Crippen LogP contribution in [0.3, 0.4) is 0 Å². The van der Waals surface area contributed by atoms with Crippen molar-refractivity contribution in [1.29, 1.82) is 0 Å². The van der Waals surface area contributed by atoms with Crippen LogP contribution in [0, 0.1) is 11.8 Å². The molecule has 40 heavy (non-hydrogen) atoms. The minimum absolute atomic E-state index is 0.138. The first kappa shape index (κ1) is 28.5. The van der Waals surface area contributed by atoms with E-state index in [9.17, 15) is 24.0 Å².